The van der Waals surface area contributed by atoms with Gasteiger partial charge < -0.3 is 30.3 Å². The number of allylic oxidation sites excluding steroid dienone is 3. The molecule has 0 radical (unpaired) electrons. The minimum Gasteiger partial charge on any atom is -0.508 e. The van der Waals surface area contributed by atoms with Gasteiger partial charge in [0, 0.05) is 37.7 Å². The normalized spacial score (nSPS) is 22.4. The molecule has 1 atom stereocenters. The molecule has 1 aromatic carbocycles. The summed E-state index contributed by atoms with van der Waals surface area (Å²) < 4.78 is 11.2. The van der Waals surface area contributed by atoms with Crippen LogP contribution in [-0.4, -0.2) is 71.8 Å². The highest BCUT2D eigenvalue weighted by atomic mass is 16.5. The summed E-state index contributed by atoms with van der Waals surface area (Å²) in [6.07, 6.45) is 13.3. The number of carbonyl (C=O) groups is 2. The van der Waals surface area contributed by atoms with Crippen molar-refractivity contribution in [3.8, 4) is 11.5 Å². The maximum absolute atomic E-state index is 13.0. The Morgan fingerprint density at radius 2 is 1.92 bits per heavy atom. The van der Waals surface area contributed by atoms with Crippen molar-refractivity contribution in [3.05, 3.63) is 47.6 Å². The van der Waals surface area contributed by atoms with E-state index in [2.05, 4.69) is 4.99 Å². The molecule has 0 bridgehead atoms. The quantitative estimate of drug-likeness (QED) is 0.311. The van der Waals surface area contributed by atoms with Crippen LogP contribution in [0.3, 0.4) is 0 Å². The number of benzene rings is 1. The van der Waals surface area contributed by atoms with Crippen molar-refractivity contribution in [2.24, 2.45) is 10.7 Å². The summed E-state index contributed by atoms with van der Waals surface area (Å²) in [6, 6.07) is 2.53. The molecule has 36 heavy (non-hydrogen) atoms. The molecule has 2 aliphatic rings. The van der Waals surface area contributed by atoms with Crippen molar-refractivity contribution in [2.45, 2.75) is 57.5 Å². The number of esters is 1. The third-order valence-corrected chi connectivity index (χ3v) is 6.19. The highest BCUT2D eigenvalue weighted by Crippen LogP contribution is 2.29. The number of rotatable bonds is 6. The van der Waals surface area contributed by atoms with Crippen LogP contribution in [-0.2, 0) is 20.7 Å². The zero-order valence-electron chi connectivity index (χ0n) is 20.7. The van der Waals surface area contributed by atoms with Gasteiger partial charge in [-0.2, -0.15) is 0 Å². The minimum atomic E-state index is -0.682. The predicted octanol–water partition coefficient (Wildman–Crippen LogP) is 3.24. The second-order valence-electron chi connectivity index (χ2n) is 9.04. The summed E-state index contributed by atoms with van der Waals surface area (Å²) in [5.74, 6) is -1.26. The Kier molecular flexibility index (Phi) is 11.0. The third-order valence-electron chi connectivity index (χ3n) is 6.19. The van der Waals surface area contributed by atoms with E-state index in [0.717, 1.165) is 51.3 Å². The molecule has 1 unspecified atom stereocenters. The molecule has 1 aromatic rings. The zero-order chi connectivity index (χ0) is 25.8. The van der Waals surface area contributed by atoms with E-state index in [1.807, 2.05) is 29.2 Å². The van der Waals surface area contributed by atoms with Crippen LogP contribution in [0.4, 0.5) is 0 Å². The minimum absolute atomic E-state index is 0.0156. The fourth-order valence-electron chi connectivity index (χ4n) is 4.30. The molecule has 0 aromatic heterocycles. The Bertz CT molecular complexity index is 982. The molecule has 196 valence electrons. The van der Waals surface area contributed by atoms with Crippen molar-refractivity contribution in [1.82, 2.24) is 4.90 Å². The largest absolute Gasteiger partial charge is 0.508 e. The number of nitrogens with two attached hydrogens (primary N) is 1. The molecule has 9 heteroatoms. The molecule has 1 saturated heterocycles. The number of nitrogens with zero attached hydrogens (tertiary/aromatic N) is 2. The van der Waals surface area contributed by atoms with Crippen molar-refractivity contribution in [2.75, 3.05) is 33.0 Å². The highest BCUT2D eigenvalue weighted by molar-refractivity contribution is 6.00. The van der Waals surface area contributed by atoms with E-state index in [4.69, 9.17) is 15.2 Å². The van der Waals surface area contributed by atoms with Crippen LogP contribution in [0.15, 0.2) is 41.4 Å². The Hall–Kier alpha value is -3.17. The van der Waals surface area contributed by atoms with Crippen LogP contribution in [0.25, 0.3) is 0 Å². The van der Waals surface area contributed by atoms with Crippen LogP contribution >= 0.6 is 0 Å². The van der Waals surface area contributed by atoms with Crippen molar-refractivity contribution >= 4 is 17.6 Å². The number of hydrogen-bond donors (Lipinski definition) is 3. The van der Waals surface area contributed by atoms with E-state index in [1.54, 1.807) is 0 Å². The van der Waals surface area contributed by atoms with Gasteiger partial charge in [0.1, 0.15) is 36.5 Å². The second kappa shape index (κ2) is 14.4. The summed E-state index contributed by atoms with van der Waals surface area (Å²) in [5, 5.41) is 20.6. The van der Waals surface area contributed by atoms with Gasteiger partial charge in [-0.3, -0.25) is 9.79 Å². The van der Waals surface area contributed by atoms with Gasteiger partial charge in [0.05, 0.1) is 0 Å². The number of cyclic esters (lactones) is 1. The molecular weight excluding hydrogens is 462 g/mol. The van der Waals surface area contributed by atoms with Gasteiger partial charge in [0.15, 0.2) is 0 Å². The molecule has 2 aliphatic heterocycles. The van der Waals surface area contributed by atoms with Crippen LogP contribution in [0.1, 0.15) is 60.9 Å². The number of aliphatic imine (C=N–C) groups is 1. The van der Waals surface area contributed by atoms with Gasteiger partial charge >= 0.3 is 5.97 Å². The van der Waals surface area contributed by atoms with E-state index in [0.29, 0.717) is 30.7 Å². The summed E-state index contributed by atoms with van der Waals surface area (Å²) in [5.41, 5.74) is 6.64. The van der Waals surface area contributed by atoms with Crippen LogP contribution in [0, 0.1) is 0 Å². The molecule has 1 fully saturated rings. The van der Waals surface area contributed by atoms with Crippen LogP contribution in [0.2, 0.25) is 0 Å². The zero-order valence-corrected chi connectivity index (χ0v) is 20.7. The van der Waals surface area contributed by atoms with Gasteiger partial charge in [-0.25, -0.2) is 4.79 Å². The average molecular weight is 500 g/mol. The number of phenolic OH excluding ortho intramolecular Hbond substituents is 2. The lowest BCUT2D eigenvalue weighted by atomic mass is 9.99. The van der Waals surface area contributed by atoms with E-state index < -0.39 is 12.1 Å². The molecule has 0 aliphatic carbocycles. The summed E-state index contributed by atoms with van der Waals surface area (Å²) >= 11 is 0. The smallest absolute Gasteiger partial charge is 0.342 e. The predicted molar refractivity (Wildman–Crippen MR) is 137 cm³/mol. The molecule has 3 rings (SSSR count). The SMILES string of the molecule is NCCC1C/C=C/CC/C=C/C(=N\COCC(=O)N2CCCCC2)Cc2cc(O)cc(O)c2C(=O)O1. The fourth-order valence-corrected chi connectivity index (χ4v) is 4.30. The number of carbonyl (C=O) groups excluding carboxylic acids is 2. The molecule has 4 N–H and O–H groups in total. The molecule has 1 amide bonds. The summed E-state index contributed by atoms with van der Waals surface area (Å²) in [6.45, 7) is 1.82. The lowest BCUT2D eigenvalue weighted by Gasteiger charge is -2.26. The first kappa shape index (κ1) is 27.4. The fraction of sp³-hybridized carbons (Fsp3) is 0.519. The van der Waals surface area contributed by atoms with Crippen LogP contribution < -0.4 is 5.73 Å². The topological polar surface area (TPSA) is 135 Å². The number of aromatic hydroxyl groups is 2. The number of hydrogen-bond acceptors (Lipinski definition) is 8. The van der Waals surface area contributed by atoms with Crippen molar-refractivity contribution < 1.29 is 29.3 Å². The van der Waals surface area contributed by atoms with Gasteiger partial charge in [0.2, 0.25) is 5.91 Å². The molecule has 0 spiro atoms. The Labute approximate surface area is 212 Å². The molecule has 0 saturated carbocycles. The maximum atomic E-state index is 13.0. The number of likely N-dealkylation sites (tertiary alicyclic amines) is 1. The monoisotopic (exact) mass is 499 g/mol. The van der Waals surface area contributed by atoms with E-state index in [9.17, 15) is 19.8 Å². The van der Waals surface area contributed by atoms with Gasteiger partial charge in [-0.15, -0.1) is 0 Å². The van der Waals surface area contributed by atoms with Gasteiger partial charge in [-0.05, 0) is 62.8 Å². The summed E-state index contributed by atoms with van der Waals surface area (Å²) in [4.78, 5) is 31.7. The molecular formula is C27H37N3O6. The van der Waals surface area contributed by atoms with E-state index >= 15 is 0 Å². The van der Waals surface area contributed by atoms with Gasteiger partial charge in [-0.1, -0.05) is 18.2 Å². The second-order valence-corrected chi connectivity index (χ2v) is 9.04. The Morgan fingerprint density at radius 1 is 1.14 bits per heavy atom. The standard InChI is InChI=1S/C27H37N3O6/c28-12-11-23-10-6-3-1-2-5-9-21(29-19-35-18-25(33)30-13-7-4-8-14-30)15-20-16-22(31)17-24(32)26(20)27(34)36-23/h3,5-6,9,16-17,23,31-32H,1-2,4,7-8,10-15,18-19,28H2/b6-3+,9-5+,29-21+. The first-order valence-corrected chi connectivity index (χ1v) is 12.6. The first-order chi connectivity index (χ1) is 17.5. The lowest BCUT2D eigenvalue weighted by Crippen LogP contribution is -2.38. The molecule has 2 heterocycles. The maximum Gasteiger partial charge on any atom is 0.342 e. The number of piperidine rings is 1. The average Bonchev–Trinajstić information content (AvgIpc) is 2.85. The highest BCUT2D eigenvalue weighted by Gasteiger charge is 2.23. The Balaban J connectivity index is 1.78. The van der Waals surface area contributed by atoms with Crippen LogP contribution in [0.5, 0.6) is 11.5 Å². The van der Waals surface area contributed by atoms with E-state index in [1.165, 1.54) is 6.07 Å². The number of ether oxygens (including phenoxy) is 2. The van der Waals surface area contributed by atoms with Crippen molar-refractivity contribution in [1.29, 1.82) is 0 Å². The third kappa shape index (κ3) is 8.49. The van der Waals surface area contributed by atoms with Gasteiger partial charge in [0.25, 0.3) is 0 Å². The first-order valence-electron chi connectivity index (χ1n) is 12.6. The molecule has 9 nitrogen and oxygen atoms in total. The number of phenols is 2. The number of fused-ring (bicyclic) bond motifs is 1. The lowest BCUT2D eigenvalue weighted by molar-refractivity contribution is -0.136. The van der Waals surface area contributed by atoms with Crippen molar-refractivity contribution in [3.63, 3.8) is 0 Å². The summed E-state index contributed by atoms with van der Waals surface area (Å²) in [7, 11) is 0. The Morgan fingerprint density at radius 3 is 2.69 bits per heavy atom. The van der Waals surface area contributed by atoms with E-state index in [-0.39, 0.29) is 42.7 Å². The number of amides is 1.